The number of hydrogen-bond acceptors (Lipinski definition) is 4. The Hall–Kier alpha value is -2.08. The Labute approximate surface area is 133 Å². The zero-order chi connectivity index (χ0) is 15.9. The molecule has 0 atom stereocenters. The summed E-state index contributed by atoms with van der Waals surface area (Å²) in [5, 5.41) is 0.415. The Kier molecular flexibility index (Phi) is 3.78. The standard InChI is InChI=1S/C15H17ClN4O2/c1-10(21)12-3-4-13-14(16)17-9-20(13)15(12)19-7-5-18(6-8-19)11(2)22/h3-4,9H,5-8H2,1-2H3. The molecule has 1 fully saturated rings. The van der Waals surface area contributed by atoms with Crippen LogP contribution < -0.4 is 4.90 Å². The summed E-state index contributed by atoms with van der Waals surface area (Å²) in [4.78, 5) is 31.5. The molecule has 7 heteroatoms. The van der Waals surface area contributed by atoms with E-state index in [0.29, 0.717) is 36.9 Å². The molecule has 0 bridgehead atoms. The van der Waals surface area contributed by atoms with Crippen LogP contribution in [0.2, 0.25) is 5.15 Å². The van der Waals surface area contributed by atoms with Crippen molar-refractivity contribution in [1.29, 1.82) is 0 Å². The number of pyridine rings is 1. The van der Waals surface area contributed by atoms with Crippen LogP contribution in [0.25, 0.3) is 5.52 Å². The Morgan fingerprint density at radius 1 is 1.14 bits per heavy atom. The maximum atomic E-state index is 12.0. The minimum atomic E-state index is -0.00396. The average molecular weight is 321 g/mol. The molecule has 0 aliphatic carbocycles. The van der Waals surface area contributed by atoms with E-state index in [-0.39, 0.29) is 11.7 Å². The highest BCUT2D eigenvalue weighted by atomic mass is 35.5. The number of Topliss-reactive ketones (excluding diaryl/α,β-unsaturated/α-hetero) is 1. The summed E-state index contributed by atoms with van der Waals surface area (Å²) >= 11 is 6.09. The van der Waals surface area contributed by atoms with E-state index in [0.717, 1.165) is 11.3 Å². The van der Waals surface area contributed by atoms with Gasteiger partial charge in [-0.2, -0.15) is 0 Å². The number of hydrogen-bond donors (Lipinski definition) is 0. The second-order valence-corrected chi connectivity index (χ2v) is 5.77. The second kappa shape index (κ2) is 5.61. The van der Waals surface area contributed by atoms with E-state index < -0.39 is 0 Å². The lowest BCUT2D eigenvalue weighted by atomic mass is 10.1. The summed E-state index contributed by atoms with van der Waals surface area (Å²) in [6.07, 6.45) is 1.64. The first kappa shape index (κ1) is 14.8. The number of amides is 1. The van der Waals surface area contributed by atoms with Gasteiger partial charge in [-0.15, -0.1) is 0 Å². The van der Waals surface area contributed by atoms with Crippen LogP contribution in [0.5, 0.6) is 0 Å². The summed E-state index contributed by atoms with van der Waals surface area (Å²) in [6, 6.07) is 3.60. The van der Waals surface area contributed by atoms with Crippen molar-refractivity contribution in [3.63, 3.8) is 0 Å². The third-order valence-corrected chi connectivity index (χ3v) is 4.33. The molecule has 0 radical (unpaired) electrons. The normalized spacial score (nSPS) is 15.4. The molecule has 1 aliphatic rings. The van der Waals surface area contributed by atoms with Gasteiger partial charge in [-0.05, 0) is 19.1 Å². The molecule has 0 N–H and O–H groups in total. The predicted octanol–water partition coefficient (Wildman–Crippen LogP) is 1.86. The topological polar surface area (TPSA) is 57.9 Å². The van der Waals surface area contributed by atoms with Gasteiger partial charge in [-0.1, -0.05) is 11.6 Å². The van der Waals surface area contributed by atoms with Crippen LogP contribution in [0.1, 0.15) is 24.2 Å². The molecule has 1 saturated heterocycles. The molecule has 2 aromatic rings. The number of carbonyl (C=O) groups is 2. The zero-order valence-electron chi connectivity index (χ0n) is 12.5. The van der Waals surface area contributed by atoms with Crippen molar-refractivity contribution >= 4 is 34.6 Å². The van der Waals surface area contributed by atoms with E-state index in [1.54, 1.807) is 32.3 Å². The van der Waals surface area contributed by atoms with Crippen LogP contribution in [0, 0.1) is 0 Å². The molecular weight excluding hydrogens is 304 g/mol. The molecule has 0 aromatic carbocycles. The van der Waals surface area contributed by atoms with E-state index in [9.17, 15) is 9.59 Å². The summed E-state index contributed by atoms with van der Waals surface area (Å²) < 4.78 is 1.85. The SMILES string of the molecule is CC(=O)c1ccc2c(Cl)ncn2c1N1CCN(C(C)=O)CC1. The third-order valence-electron chi connectivity index (χ3n) is 4.04. The number of piperazine rings is 1. The van der Waals surface area contributed by atoms with Crippen LogP contribution >= 0.6 is 11.6 Å². The van der Waals surface area contributed by atoms with E-state index in [1.165, 1.54) is 0 Å². The van der Waals surface area contributed by atoms with Gasteiger partial charge in [0.25, 0.3) is 0 Å². The highest BCUT2D eigenvalue weighted by Gasteiger charge is 2.24. The summed E-state index contributed by atoms with van der Waals surface area (Å²) in [5.41, 5.74) is 1.41. The van der Waals surface area contributed by atoms with Crippen LogP contribution in [-0.4, -0.2) is 52.2 Å². The number of fused-ring (bicyclic) bond motifs is 1. The molecule has 2 aromatic heterocycles. The first-order valence-corrected chi connectivity index (χ1v) is 7.54. The maximum Gasteiger partial charge on any atom is 0.219 e. The lowest BCUT2D eigenvalue weighted by Crippen LogP contribution is -2.48. The predicted molar refractivity (Wildman–Crippen MR) is 84.7 cm³/mol. The number of rotatable bonds is 2. The molecule has 116 valence electrons. The average Bonchev–Trinajstić information content (AvgIpc) is 2.88. The molecular formula is C15H17ClN4O2. The van der Waals surface area contributed by atoms with Gasteiger partial charge >= 0.3 is 0 Å². The van der Waals surface area contributed by atoms with Gasteiger partial charge in [0, 0.05) is 33.1 Å². The molecule has 1 aliphatic heterocycles. The molecule has 22 heavy (non-hydrogen) atoms. The van der Waals surface area contributed by atoms with Crippen molar-refractivity contribution in [2.75, 3.05) is 31.1 Å². The van der Waals surface area contributed by atoms with E-state index in [1.807, 2.05) is 9.30 Å². The maximum absolute atomic E-state index is 12.0. The van der Waals surface area contributed by atoms with Crippen molar-refractivity contribution in [2.24, 2.45) is 0 Å². The van der Waals surface area contributed by atoms with Crippen molar-refractivity contribution in [1.82, 2.24) is 14.3 Å². The summed E-state index contributed by atoms with van der Waals surface area (Å²) in [6.45, 7) is 5.77. The summed E-state index contributed by atoms with van der Waals surface area (Å²) in [5.74, 6) is 0.874. The highest BCUT2D eigenvalue weighted by molar-refractivity contribution is 6.32. The van der Waals surface area contributed by atoms with Crippen LogP contribution in [-0.2, 0) is 4.79 Å². The molecule has 0 saturated carbocycles. The van der Waals surface area contributed by atoms with E-state index in [4.69, 9.17) is 11.6 Å². The fourth-order valence-electron chi connectivity index (χ4n) is 2.85. The van der Waals surface area contributed by atoms with Crippen molar-refractivity contribution in [3.8, 4) is 0 Å². The van der Waals surface area contributed by atoms with Gasteiger partial charge in [-0.25, -0.2) is 4.98 Å². The van der Waals surface area contributed by atoms with Gasteiger partial charge < -0.3 is 9.80 Å². The summed E-state index contributed by atoms with van der Waals surface area (Å²) in [7, 11) is 0. The van der Waals surface area contributed by atoms with Gasteiger partial charge in [0.05, 0.1) is 11.1 Å². The third kappa shape index (κ3) is 2.43. The molecule has 6 nitrogen and oxygen atoms in total. The monoisotopic (exact) mass is 320 g/mol. The van der Waals surface area contributed by atoms with Gasteiger partial charge in [0.2, 0.25) is 5.91 Å². The zero-order valence-corrected chi connectivity index (χ0v) is 13.3. The molecule has 0 spiro atoms. The van der Waals surface area contributed by atoms with Crippen LogP contribution in [0.3, 0.4) is 0 Å². The number of carbonyl (C=O) groups excluding carboxylic acids is 2. The van der Waals surface area contributed by atoms with E-state index >= 15 is 0 Å². The van der Waals surface area contributed by atoms with Gasteiger partial charge in [0.15, 0.2) is 10.9 Å². The van der Waals surface area contributed by atoms with Crippen molar-refractivity contribution in [3.05, 3.63) is 29.2 Å². The fraction of sp³-hybridized carbons (Fsp3) is 0.400. The quantitative estimate of drug-likeness (QED) is 0.793. The molecule has 0 unspecified atom stereocenters. The van der Waals surface area contributed by atoms with Crippen molar-refractivity contribution in [2.45, 2.75) is 13.8 Å². The largest absolute Gasteiger partial charge is 0.354 e. The molecule has 1 amide bonds. The van der Waals surface area contributed by atoms with Gasteiger partial charge in [0.1, 0.15) is 12.1 Å². The Bertz CT molecular complexity index is 747. The number of imidazole rings is 1. The second-order valence-electron chi connectivity index (χ2n) is 5.41. The lowest BCUT2D eigenvalue weighted by Gasteiger charge is -2.36. The Balaban J connectivity index is 2.03. The number of anilines is 1. The smallest absolute Gasteiger partial charge is 0.219 e. The van der Waals surface area contributed by atoms with Crippen LogP contribution in [0.15, 0.2) is 18.5 Å². The number of aromatic nitrogens is 2. The number of nitrogens with zero attached hydrogens (tertiary/aromatic N) is 4. The number of ketones is 1. The minimum Gasteiger partial charge on any atom is -0.354 e. The fourth-order valence-corrected chi connectivity index (χ4v) is 3.05. The van der Waals surface area contributed by atoms with E-state index in [2.05, 4.69) is 9.88 Å². The number of halogens is 1. The first-order chi connectivity index (χ1) is 10.5. The van der Waals surface area contributed by atoms with Gasteiger partial charge in [-0.3, -0.25) is 14.0 Å². The Morgan fingerprint density at radius 3 is 2.41 bits per heavy atom. The first-order valence-electron chi connectivity index (χ1n) is 7.16. The lowest BCUT2D eigenvalue weighted by molar-refractivity contribution is -0.129. The van der Waals surface area contributed by atoms with Crippen LogP contribution in [0.4, 0.5) is 5.82 Å². The molecule has 3 heterocycles. The Morgan fingerprint density at radius 2 is 1.82 bits per heavy atom. The highest BCUT2D eigenvalue weighted by Crippen LogP contribution is 2.27. The molecule has 3 rings (SSSR count). The van der Waals surface area contributed by atoms with Crippen molar-refractivity contribution < 1.29 is 9.59 Å². The minimum absolute atomic E-state index is 0.00396.